The normalized spacial score (nSPS) is 14.3. The van der Waals surface area contributed by atoms with Crippen molar-refractivity contribution in [1.82, 2.24) is 4.90 Å². The summed E-state index contributed by atoms with van der Waals surface area (Å²) in [4.78, 5) is 25.4. The first-order chi connectivity index (χ1) is 11.5. The summed E-state index contributed by atoms with van der Waals surface area (Å²) in [5, 5.41) is 0. The monoisotopic (exact) mass is 323 g/mol. The van der Waals surface area contributed by atoms with Crippen LogP contribution in [0.2, 0.25) is 0 Å². The Labute approximate surface area is 140 Å². The van der Waals surface area contributed by atoms with Gasteiger partial charge in [-0.1, -0.05) is 24.3 Å². The molecule has 0 atom stereocenters. The SMILES string of the molecule is Cc1ccccc1/C=C1/Oc2cc(OC(=O)N(C)C)ccc2C1=O. The van der Waals surface area contributed by atoms with Crippen LogP contribution in [0, 0.1) is 6.92 Å². The number of hydrogen-bond donors (Lipinski definition) is 0. The molecule has 0 unspecified atom stereocenters. The Morgan fingerprint density at radius 1 is 1.17 bits per heavy atom. The zero-order valence-electron chi connectivity index (χ0n) is 13.7. The van der Waals surface area contributed by atoms with E-state index in [0.717, 1.165) is 11.1 Å². The number of benzene rings is 2. The highest BCUT2D eigenvalue weighted by Crippen LogP contribution is 2.35. The van der Waals surface area contributed by atoms with Gasteiger partial charge in [0.15, 0.2) is 5.76 Å². The molecule has 5 heteroatoms. The van der Waals surface area contributed by atoms with Crippen LogP contribution < -0.4 is 9.47 Å². The fourth-order valence-corrected chi connectivity index (χ4v) is 2.31. The summed E-state index contributed by atoms with van der Waals surface area (Å²) in [7, 11) is 3.19. The molecule has 2 aromatic rings. The molecule has 0 radical (unpaired) electrons. The molecule has 0 saturated heterocycles. The lowest BCUT2D eigenvalue weighted by molar-refractivity contribution is 0.101. The van der Waals surface area contributed by atoms with Crippen LogP contribution in [-0.2, 0) is 0 Å². The molecule has 2 aromatic carbocycles. The van der Waals surface area contributed by atoms with Gasteiger partial charge in [-0.2, -0.15) is 0 Å². The number of hydrogen-bond acceptors (Lipinski definition) is 4. The van der Waals surface area contributed by atoms with Crippen molar-refractivity contribution < 1.29 is 19.1 Å². The predicted octanol–water partition coefficient (Wildman–Crippen LogP) is 3.67. The number of ether oxygens (including phenoxy) is 2. The number of aryl methyl sites for hydroxylation is 1. The highest BCUT2D eigenvalue weighted by atomic mass is 16.6. The minimum Gasteiger partial charge on any atom is -0.452 e. The first kappa shape index (κ1) is 15.8. The molecule has 0 N–H and O–H groups in total. The summed E-state index contributed by atoms with van der Waals surface area (Å²) < 4.78 is 10.9. The molecule has 1 aliphatic rings. The van der Waals surface area contributed by atoms with Crippen molar-refractivity contribution in [3.8, 4) is 11.5 Å². The number of allylic oxidation sites excluding steroid dienone is 1. The van der Waals surface area contributed by atoms with Gasteiger partial charge in [0, 0.05) is 20.2 Å². The second-order valence-corrected chi connectivity index (χ2v) is 5.72. The van der Waals surface area contributed by atoms with Crippen molar-refractivity contribution >= 4 is 18.0 Å². The van der Waals surface area contributed by atoms with Crippen LogP contribution in [0.15, 0.2) is 48.2 Å². The Balaban J connectivity index is 1.88. The van der Waals surface area contributed by atoms with Gasteiger partial charge in [-0.25, -0.2) is 4.79 Å². The molecule has 24 heavy (non-hydrogen) atoms. The van der Waals surface area contributed by atoms with Gasteiger partial charge in [0.25, 0.3) is 0 Å². The number of carbonyl (C=O) groups excluding carboxylic acids is 2. The Hall–Kier alpha value is -3.08. The van der Waals surface area contributed by atoms with Gasteiger partial charge < -0.3 is 14.4 Å². The van der Waals surface area contributed by atoms with Gasteiger partial charge >= 0.3 is 6.09 Å². The minimum atomic E-state index is -0.491. The van der Waals surface area contributed by atoms with Crippen molar-refractivity contribution in [1.29, 1.82) is 0 Å². The third-order valence-electron chi connectivity index (χ3n) is 3.69. The van der Waals surface area contributed by atoms with E-state index >= 15 is 0 Å². The Morgan fingerprint density at radius 3 is 2.62 bits per heavy atom. The lowest BCUT2D eigenvalue weighted by Gasteiger charge is -2.10. The zero-order chi connectivity index (χ0) is 17.3. The van der Waals surface area contributed by atoms with Gasteiger partial charge in [-0.05, 0) is 36.3 Å². The fourth-order valence-electron chi connectivity index (χ4n) is 2.31. The second-order valence-electron chi connectivity index (χ2n) is 5.72. The molecule has 0 bridgehead atoms. The molecule has 0 saturated carbocycles. The molecule has 0 aliphatic carbocycles. The number of ketones is 1. The van der Waals surface area contributed by atoms with Crippen LogP contribution in [-0.4, -0.2) is 30.9 Å². The van der Waals surface area contributed by atoms with E-state index in [1.165, 1.54) is 4.90 Å². The number of nitrogens with zero attached hydrogens (tertiary/aromatic N) is 1. The maximum atomic E-state index is 12.4. The molecule has 122 valence electrons. The topological polar surface area (TPSA) is 55.8 Å². The zero-order valence-corrected chi connectivity index (χ0v) is 13.7. The molecule has 3 rings (SSSR count). The lowest BCUT2D eigenvalue weighted by Crippen LogP contribution is -2.25. The third kappa shape index (κ3) is 3.01. The molecule has 1 amide bonds. The Morgan fingerprint density at radius 2 is 1.92 bits per heavy atom. The van der Waals surface area contributed by atoms with Crippen LogP contribution in [0.25, 0.3) is 6.08 Å². The van der Waals surface area contributed by atoms with E-state index in [4.69, 9.17) is 9.47 Å². The van der Waals surface area contributed by atoms with Gasteiger partial charge in [-0.15, -0.1) is 0 Å². The van der Waals surface area contributed by atoms with Crippen LogP contribution in [0.3, 0.4) is 0 Å². The van der Waals surface area contributed by atoms with E-state index < -0.39 is 6.09 Å². The second kappa shape index (κ2) is 6.20. The van der Waals surface area contributed by atoms with Crippen LogP contribution in [0.5, 0.6) is 11.5 Å². The van der Waals surface area contributed by atoms with Gasteiger partial charge in [-0.3, -0.25) is 4.79 Å². The molecule has 1 heterocycles. The van der Waals surface area contributed by atoms with E-state index in [0.29, 0.717) is 17.1 Å². The Bertz CT molecular complexity index is 852. The third-order valence-corrected chi connectivity index (χ3v) is 3.69. The van der Waals surface area contributed by atoms with Crippen molar-refractivity contribution in [2.24, 2.45) is 0 Å². The summed E-state index contributed by atoms with van der Waals surface area (Å²) in [5.74, 6) is 0.801. The van der Waals surface area contributed by atoms with Crippen molar-refractivity contribution in [3.63, 3.8) is 0 Å². The predicted molar refractivity (Wildman–Crippen MR) is 90.3 cm³/mol. The fraction of sp³-hybridized carbons (Fsp3) is 0.158. The molecular formula is C19H17NO4. The molecule has 0 fully saturated rings. The van der Waals surface area contributed by atoms with E-state index in [1.54, 1.807) is 38.4 Å². The van der Waals surface area contributed by atoms with Crippen LogP contribution in [0.4, 0.5) is 4.79 Å². The smallest absolute Gasteiger partial charge is 0.414 e. The number of Topliss-reactive ketones (excluding diaryl/α,β-unsaturated/α-hetero) is 1. The number of carbonyl (C=O) groups is 2. The first-order valence-electron chi connectivity index (χ1n) is 7.49. The largest absolute Gasteiger partial charge is 0.452 e. The highest BCUT2D eigenvalue weighted by Gasteiger charge is 2.28. The molecule has 0 spiro atoms. The van der Waals surface area contributed by atoms with Crippen molar-refractivity contribution in [2.45, 2.75) is 6.92 Å². The summed E-state index contributed by atoms with van der Waals surface area (Å²) in [5.41, 5.74) is 2.44. The average molecular weight is 323 g/mol. The van der Waals surface area contributed by atoms with Gasteiger partial charge in [0.1, 0.15) is 11.5 Å². The van der Waals surface area contributed by atoms with Gasteiger partial charge in [0.2, 0.25) is 5.78 Å². The van der Waals surface area contributed by atoms with E-state index in [9.17, 15) is 9.59 Å². The van der Waals surface area contributed by atoms with Crippen LogP contribution in [0.1, 0.15) is 21.5 Å². The number of amides is 1. The first-order valence-corrected chi connectivity index (χ1v) is 7.49. The van der Waals surface area contributed by atoms with E-state index in [2.05, 4.69) is 0 Å². The van der Waals surface area contributed by atoms with Crippen molar-refractivity contribution in [3.05, 3.63) is 64.9 Å². The van der Waals surface area contributed by atoms with Gasteiger partial charge in [0.05, 0.1) is 5.56 Å². The highest BCUT2D eigenvalue weighted by molar-refractivity contribution is 6.14. The molecular weight excluding hydrogens is 306 g/mol. The maximum Gasteiger partial charge on any atom is 0.414 e. The number of rotatable bonds is 2. The van der Waals surface area contributed by atoms with Crippen molar-refractivity contribution in [2.75, 3.05) is 14.1 Å². The Kier molecular flexibility index (Phi) is 4.08. The summed E-state index contributed by atoms with van der Waals surface area (Å²) in [6.07, 6.45) is 1.23. The average Bonchev–Trinajstić information content (AvgIpc) is 2.85. The van der Waals surface area contributed by atoms with E-state index in [1.807, 2.05) is 31.2 Å². The summed E-state index contributed by atoms with van der Waals surface area (Å²) in [6.45, 7) is 1.97. The molecule has 0 aromatic heterocycles. The standard InChI is InChI=1S/C19H17NO4/c1-12-6-4-5-7-13(12)10-17-18(21)15-9-8-14(11-16(15)24-17)23-19(22)20(2)3/h4-11H,1-3H3/b17-10+. The molecule has 5 nitrogen and oxygen atoms in total. The lowest BCUT2D eigenvalue weighted by atomic mass is 10.1. The van der Waals surface area contributed by atoms with Crippen LogP contribution >= 0.6 is 0 Å². The summed E-state index contributed by atoms with van der Waals surface area (Å²) >= 11 is 0. The maximum absolute atomic E-state index is 12.4. The number of fused-ring (bicyclic) bond motifs is 1. The van der Waals surface area contributed by atoms with E-state index in [-0.39, 0.29) is 11.5 Å². The quantitative estimate of drug-likeness (QED) is 0.791. The molecule has 1 aliphatic heterocycles. The summed E-state index contributed by atoms with van der Waals surface area (Å²) in [6, 6.07) is 12.5. The minimum absolute atomic E-state index is 0.182.